The second kappa shape index (κ2) is 7.27. The lowest BCUT2D eigenvalue weighted by Gasteiger charge is -2.41. The molecule has 1 aromatic carbocycles. The van der Waals surface area contributed by atoms with Crippen molar-refractivity contribution in [2.75, 3.05) is 18.0 Å². The van der Waals surface area contributed by atoms with Gasteiger partial charge in [0.25, 0.3) is 0 Å². The van der Waals surface area contributed by atoms with Gasteiger partial charge in [-0.1, -0.05) is 23.4 Å². The topological polar surface area (TPSA) is 72.9 Å². The number of halogens is 2. The molecule has 2 aliphatic heterocycles. The molecule has 4 heterocycles. The van der Waals surface area contributed by atoms with E-state index in [1.807, 2.05) is 16.9 Å². The van der Waals surface area contributed by atoms with Gasteiger partial charge in [-0.05, 0) is 37.1 Å². The molecule has 5 rings (SSSR count). The van der Waals surface area contributed by atoms with Crippen LogP contribution in [0.2, 0.25) is 5.02 Å². The number of piperidine rings is 1. The molecular weight excluding hydrogens is 411 g/mol. The second-order valence-electron chi connectivity index (χ2n) is 7.63. The number of benzene rings is 1. The van der Waals surface area contributed by atoms with Crippen molar-refractivity contribution < 1.29 is 4.39 Å². The van der Waals surface area contributed by atoms with E-state index < -0.39 is 0 Å². The second-order valence-corrected chi connectivity index (χ2v) is 9.10. The molecule has 2 aromatic heterocycles. The van der Waals surface area contributed by atoms with Gasteiger partial charge >= 0.3 is 0 Å². The molecular formula is C20H20ClFN6S. The van der Waals surface area contributed by atoms with Crippen molar-refractivity contribution in [2.24, 2.45) is 11.1 Å². The lowest BCUT2D eigenvalue weighted by Crippen LogP contribution is -2.45. The van der Waals surface area contributed by atoms with E-state index in [0.29, 0.717) is 5.02 Å². The van der Waals surface area contributed by atoms with E-state index in [2.05, 4.69) is 20.0 Å². The van der Waals surface area contributed by atoms with E-state index in [1.54, 1.807) is 18.5 Å². The Kier molecular flexibility index (Phi) is 4.72. The van der Waals surface area contributed by atoms with E-state index in [-0.39, 0.29) is 17.3 Å². The average molecular weight is 431 g/mol. The zero-order chi connectivity index (χ0) is 20.0. The summed E-state index contributed by atoms with van der Waals surface area (Å²) in [5.41, 5.74) is 7.78. The Hall–Kier alpha value is -2.16. The number of fused-ring (bicyclic) bond motifs is 1. The highest BCUT2D eigenvalue weighted by Gasteiger charge is 2.46. The van der Waals surface area contributed by atoms with Gasteiger partial charge in [0, 0.05) is 36.1 Å². The van der Waals surface area contributed by atoms with Crippen LogP contribution in [0.5, 0.6) is 0 Å². The molecule has 3 aromatic rings. The number of anilines is 1. The third-order valence-electron chi connectivity index (χ3n) is 6.00. The van der Waals surface area contributed by atoms with Crippen molar-refractivity contribution in [3.8, 4) is 0 Å². The fourth-order valence-electron chi connectivity index (χ4n) is 4.30. The van der Waals surface area contributed by atoms with Crippen molar-refractivity contribution in [3.05, 3.63) is 59.4 Å². The van der Waals surface area contributed by atoms with Crippen LogP contribution in [0, 0.1) is 11.2 Å². The molecule has 0 amide bonds. The van der Waals surface area contributed by atoms with Crippen molar-refractivity contribution in [1.82, 2.24) is 19.7 Å². The molecule has 9 heteroatoms. The molecule has 1 spiro atoms. The Morgan fingerprint density at radius 3 is 2.69 bits per heavy atom. The van der Waals surface area contributed by atoms with Gasteiger partial charge in [0.15, 0.2) is 0 Å². The third kappa shape index (κ3) is 3.39. The van der Waals surface area contributed by atoms with Gasteiger partial charge in [-0.3, -0.25) is 4.68 Å². The SMILES string of the molecule is N[C@@H]1c2ccnn2CC12CCN(c1cnc(Sc3ccc(F)cc3Cl)cn1)CC2. The fourth-order valence-corrected chi connectivity index (χ4v) is 5.31. The number of nitrogens with two attached hydrogens (primary N) is 1. The van der Waals surface area contributed by atoms with Crippen LogP contribution in [0.15, 0.2) is 52.8 Å². The normalized spacial score (nSPS) is 20.2. The van der Waals surface area contributed by atoms with E-state index in [0.717, 1.165) is 53.9 Å². The largest absolute Gasteiger partial charge is 0.355 e. The molecule has 6 nitrogen and oxygen atoms in total. The molecule has 0 unspecified atom stereocenters. The summed E-state index contributed by atoms with van der Waals surface area (Å²) < 4.78 is 15.2. The molecule has 1 atom stereocenters. The van der Waals surface area contributed by atoms with Crippen LogP contribution in [0.1, 0.15) is 24.6 Å². The maximum atomic E-state index is 13.2. The summed E-state index contributed by atoms with van der Waals surface area (Å²) in [7, 11) is 0. The van der Waals surface area contributed by atoms with Crippen molar-refractivity contribution in [2.45, 2.75) is 35.3 Å². The van der Waals surface area contributed by atoms with Gasteiger partial charge in [-0.25, -0.2) is 14.4 Å². The first kappa shape index (κ1) is 18.8. The quantitative estimate of drug-likeness (QED) is 0.679. The molecule has 1 saturated heterocycles. The Balaban J connectivity index is 1.24. The average Bonchev–Trinajstić information content (AvgIpc) is 3.27. The minimum absolute atomic E-state index is 0.0393. The van der Waals surface area contributed by atoms with Gasteiger partial charge in [0.05, 0.1) is 29.2 Å². The Labute approximate surface area is 177 Å². The van der Waals surface area contributed by atoms with Gasteiger partial charge in [0.2, 0.25) is 0 Å². The highest BCUT2D eigenvalue weighted by Crippen LogP contribution is 2.47. The number of nitrogens with zero attached hydrogens (tertiary/aromatic N) is 5. The Bertz CT molecular complexity index is 1030. The summed E-state index contributed by atoms with van der Waals surface area (Å²) in [5.74, 6) is 0.507. The Morgan fingerprint density at radius 2 is 2.00 bits per heavy atom. The van der Waals surface area contributed by atoms with Crippen molar-refractivity contribution >= 4 is 29.2 Å². The van der Waals surface area contributed by atoms with Crippen LogP contribution in [-0.4, -0.2) is 32.8 Å². The number of hydrogen-bond acceptors (Lipinski definition) is 6. The van der Waals surface area contributed by atoms with Crippen LogP contribution in [0.3, 0.4) is 0 Å². The minimum atomic E-state index is -0.353. The van der Waals surface area contributed by atoms with Crippen molar-refractivity contribution in [3.63, 3.8) is 0 Å². The summed E-state index contributed by atoms with van der Waals surface area (Å²) in [6.07, 6.45) is 7.35. The maximum absolute atomic E-state index is 13.2. The van der Waals surface area contributed by atoms with E-state index in [9.17, 15) is 4.39 Å². The highest BCUT2D eigenvalue weighted by molar-refractivity contribution is 7.99. The fraction of sp³-hybridized carbons (Fsp3) is 0.350. The van der Waals surface area contributed by atoms with Gasteiger partial charge in [0.1, 0.15) is 16.7 Å². The molecule has 0 saturated carbocycles. The van der Waals surface area contributed by atoms with Gasteiger partial charge in [-0.15, -0.1) is 0 Å². The van der Waals surface area contributed by atoms with E-state index in [4.69, 9.17) is 17.3 Å². The summed E-state index contributed by atoms with van der Waals surface area (Å²) in [4.78, 5) is 12.1. The summed E-state index contributed by atoms with van der Waals surface area (Å²) in [5, 5.41) is 5.49. The first-order chi connectivity index (χ1) is 14.0. The van der Waals surface area contributed by atoms with Gasteiger partial charge < -0.3 is 10.6 Å². The van der Waals surface area contributed by atoms with Gasteiger partial charge in [-0.2, -0.15) is 5.10 Å². The smallest absolute Gasteiger partial charge is 0.147 e. The summed E-state index contributed by atoms with van der Waals surface area (Å²) in [6.45, 7) is 2.68. The number of hydrogen-bond donors (Lipinski definition) is 1. The lowest BCUT2D eigenvalue weighted by atomic mass is 9.73. The number of aromatic nitrogens is 4. The molecule has 0 bridgehead atoms. The number of rotatable bonds is 3. The zero-order valence-corrected chi connectivity index (χ0v) is 17.2. The molecule has 0 radical (unpaired) electrons. The molecule has 0 aliphatic carbocycles. The van der Waals surface area contributed by atoms with E-state index in [1.165, 1.54) is 23.9 Å². The van der Waals surface area contributed by atoms with Crippen LogP contribution in [0.4, 0.5) is 10.2 Å². The first-order valence-electron chi connectivity index (χ1n) is 9.51. The highest BCUT2D eigenvalue weighted by atomic mass is 35.5. The third-order valence-corrected chi connectivity index (χ3v) is 7.42. The van der Waals surface area contributed by atoms with Crippen LogP contribution >= 0.6 is 23.4 Å². The monoisotopic (exact) mass is 430 g/mol. The minimum Gasteiger partial charge on any atom is -0.355 e. The lowest BCUT2D eigenvalue weighted by molar-refractivity contribution is 0.170. The zero-order valence-electron chi connectivity index (χ0n) is 15.6. The molecule has 29 heavy (non-hydrogen) atoms. The molecule has 2 N–H and O–H groups in total. The molecule has 2 aliphatic rings. The van der Waals surface area contributed by atoms with Crippen LogP contribution < -0.4 is 10.6 Å². The molecule has 150 valence electrons. The van der Waals surface area contributed by atoms with E-state index >= 15 is 0 Å². The molecule has 1 fully saturated rings. The van der Waals surface area contributed by atoms with Crippen LogP contribution in [-0.2, 0) is 6.54 Å². The first-order valence-corrected chi connectivity index (χ1v) is 10.7. The van der Waals surface area contributed by atoms with Crippen molar-refractivity contribution in [1.29, 1.82) is 0 Å². The summed E-state index contributed by atoms with van der Waals surface area (Å²) >= 11 is 7.47. The summed E-state index contributed by atoms with van der Waals surface area (Å²) in [6, 6.07) is 6.41. The predicted molar refractivity (Wildman–Crippen MR) is 111 cm³/mol. The van der Waals surface area contributed by atoms with Crippen LogP contribution in [0.25, 0.3) is 0 Å². The standard InChI is InChI=1S/C20H20ClFN6S/c21-14-9-13(22)1-2-16(14)29-18-11-24-17(10-25-18)27-7-4-20(5-8-27)12-28-15(19(20)23)3-6-26-28/h1-3,6,9-11,19H,4-5,7-8,12,23H2/t19-/m1/s1. The Morgan fingerprint density at radius 1 is 1.17 bits per heavy atom. The predicted octanol–water partition coefficient (Wildman–Crippen LogP) is 3.92. The maximum Gasteiger partial charge on any atom is 0.147 e.